The average Bonchev–Trinajstić information content (AvgIpc) is 2.92. The summed E-state index contributed by atoms with van der Waals surface area (Å²) in [7, 11) is 3.61. The van der Waals surface area contributed by atoms with Crippen molar-refractivity contribution in [1.82, 2.24) is 0 Å². The zero-order valence-corrected chi connectivity index (χ0v) is 18.8. The molecule has 0 aromatic heterocycles. The molecular formula is C17H35HfN3. The van der Waals surface area contributed by atoms with E-state index in [1.54, 1.807) is 14.1 Å². The van der Waals surface area contributed by atoms with Crippen molar-refractivity contribution >= 4 is 0 Å². The molecule has 1 aliphatic rings. The van der Waals surface area contributed by atoms with Crippen molar-refractivity contribution in [3.05, 3.63) is 47.2 Å². The van der Waals surface area contributed by atoms with Crippen molar-refractivity contribution in [3.8, 4) is 0 Å². The fourth-order valence-corrected chi connectivity index (χ4v) is 1.14. The molecule has 0 saturated heterocycles. The first-order valence-electron chi connectivity index (χ1n) is 7.24. The summed E-state index contributed by atoms with van der Waals surface area (Å²) in [5, 5.41) is 11.9. The van der Waals surface area contributed by atoms with Gasteiger partial charge in [-0.25, -0.2) is 0 Å². The summed E-state index contributed by atoms with van der Waals surface area (Å²) in [5.74, 6) is 0. The maximum absolute atomic E-state index is 4.42. The van der Waals surface area contributed by atoms with Crippen LogP contribution in [0.4, 0.5) is 0 Å². The van der Waals surface area contributed by atoms with Crippen molar-refractivity contribution < 1.29 is 25.8 Å². The standard InChI is InChI=1S/C10H16N.2C3H8N.CH3.Hf/c1-9(2)11-8-7-10-5-3-4-6-10;2*1-3-4-2;;/h3-5,9H,6-8H2,1-2H3;2*3H2,1-2H3;1H3;/q4*-1;+4. The molecule has 0 heterocycles. The second-order valence-corrected chi connectivity index (χ2v) is 4.47. The van der Waals surface area contributed by atoms with Crippen molar-refractivity contribution in [1.29, 1.82) is 0 Å². The quantitative estimate of drug-likeness (QED) is 0.371. The van der Waals surface area contributed by atoms with Gasteiger partial charge in [-0.15, -0.1) is 12.6 Å². The van der Waals surface area contributed by atoms with E-state index >= 15 is 0 Å². The summed E-state index contributed by atoms with van der Waals surface area (Å²) in [6.45, 7) is 11.2. The summed E-state index contributed by atoms with van der Waals surface area (Å²) < 4.78 is 0. The third-order valence-electron chi connectivity index (χ3n) is 2.41. The van der Waals surface area contributed by atoms with Crippen molar-refractivity contribution in [2.24, 2.45) is 0 Å². The summed E-state index contributed by atoms with van der Waals surface area (Å²) >= 11 is 0. The Labute approximate surface area is 153 Å². The van der Waals surface area contributed by atoms with E-state index < -0.39 is 0 Å². The van der Waals surface area contributed by atoms with Crippen molar-refractivity contribution in [3.63, 3.8) is 0 Å². The summed E-state index contributed by atoms with van der Waals surface area (Å²) in [6, 6.07) is 0.491. The molecule has 0 radical (unpaired) electrons. The molecule has 0 fully saturated rings. The molecule has 4 heteroatoms. The SMILES string of the molecule is CC(C)[N-]CCC1=CC=CC1.CC[N-]C.CC[N-]C.[CH3-].[Hf+4]. The first-order chi connectivity index (χ1) is 9.12. The third kappa shape index (κ3) is 29.0. The average molecular weight is 460 g/mol. The Hall–Kier alpha value is 0.230. The Morgan fingerprint density at radius 2 is 1.57 bits per heavy atom. The second kappa shape index (κ2) is 25.2. The first-order valence-corrected chi connectivity index (χ1v) is 7.24. The Balaban J connectivity index is -0.000000123. The van der Waals surface area contributed by atoms with E-state index in [2.05, 4.69) is 48.0 Å². The second-order valence-electron chi connectivity index (χ2n) is 4.47. The fourth-order valence-electron chi connectivity index (χ4n) is 1.14. The van der Waals surface area contributed by atoms with Gasteiger partial charge in [0.1, 0.15) is 0 Å². The predicted molar refractivity (Wildman–Crippen MR) is 95.9 cm³/mol. The van der Waals surface area contributed by atoms with Gasteiger partial charge in [0.2, 0.25) is 0 Å². The van der Waals surface area contributed by atoms with E-state index in [1.165, 1.54) is 5.57 Å². The van der Waals surface area contributed by atoms with Gasteiger partial charge in [-0.3, -0.25) is 0 Å². The van der Waals surface area contributed by atoms with Crippen molar-refractivity contribution in [2.75, 3.05) is 33.7 Å². The van der Waals surface area contributed by atoms with Crippen LogP contribution in [-0.4, -0.2) is 39.8 Å². The molecule has 0 aromatic carbocycles. The minimum atomic E-state index is 0. The fraction of sp³-hybridized carbons (Fsp3) is 0.706. The normalized spacial score (nSPS) is 11.3. The number of rotatable bonds is 6. The maximum Gasteiger partial charge on any atom is 4.00 e. The number of hydrogen-bond acceptors (Lipinski definition) is 0. The maximum atomic E-state index is 4.42. The Morgan fingerprint density at radius 1 is 1.10 bits per heavy atom. The summed E-state index contributed by atoms with van der Waals surface area (Å²) in [5.41, 5.74) is 1.52. The molecule has 0 N–H and O–H groups in total. The molecule has 0 atom stereocenters. The van der Waals surface area contributed by atoms with Gasteiger partial charge in [-0.2, -0.15) is 27.2 Å². The van der Waals surface area contributed by atoms with E-state index in [0.717, 1.165) is 32.5 Å². The van der Waals surface area contributed by atoms with Crippen LogP contribution in [0, 0.1) is 7.43 Å². The van der Waals surface area contributed by atoms with Gasteiger partial charge in [0.15, 0.2) is 0 Å². The molecule has 0 aliphatic heterocycles. The van der Waals surface area contributed by atoms with Gasteiger partial charge >= 0.3 is 25.8 Å². The Morgan fingerprint density at radius 3 is 1.86 bits per heavy atom. The minimum absolute atomic E-state index is 0. The smallest absolute Gasteiger partial charge is 0.665 e. The molecule has 0 unspecified atom stereocenters. The molecular weight excluding hydrogens is 425 g/mol. The first kappa shape index (κ1) is 29.3. The topological polar surface area (TPSA) is 42.3 Å². The van der Waals surface area contributed by atoms with Gasteiger partial charge < -0.3 is 23.4 Å². The predicted octanol–water partition coefficient (Wildman–Crippen LogP) is 5.51. The Bertz CT molecular complexity index is 218. The number of allylic oxidation sites excluding steroid dienone is 3. The third-order valence-corrected chi connectivity index (χ3v) is 2.41. The van der Waals surface area contributed by atoms with Crippen LogP contribution < -0.4 is 0 Å². The molecule has 122 valence electrons. The van der Waals surface area contributed by atoms with E-state index in [9.17, 15) is 0 Å². The van der Waals surface area contributed by atoms with Crippen LogP contribution in [0.1, 0.15) is 40.5 Å². The van der Waals surface area contributed by atoms with Gasteiger partial charge in [-0.05, 0) is 6.42 Å². The van der Waals surface area contributed by atoms with Crippen LogP contribution in [0.5, 0.6) is 0 Å². The van der Waals surface area contributed by atoms with Crippen LogP contribution in [0.25, 0.3) is 16.0 Å². The molecule has 21 heavy (non-hydrogen) atoms. The molecule has 3 nitrogen and oxygen atoms in total. The van der Waals surface area contributed by atoms with Crippen LogP contribution in [0.15, 0.2) is 23.8 Å². The van der Waals surface area contributed by atoms with E-state index in [-0.39, 0.29) is 33.3 Å². The van der Waals surface area contributed by atoms with Crippen molar-refractivity contribution in [2.45, 2.75) is 46.6 Å². The van der Waals surface area contributed by atoms with Gasteiger partial charge in [-0.1, -0.05) is 57.9 Å². The molecule has 1 aliphatic carbocycles. The van der Waals surface area contributed by atoms with Gasteiger partial charge in [0.25, 0.3) is 0 Å². The summed E-state index contributed by atoms with van der Waals surface area (Å²) in [6.07, 6.45) is 8.82. The molecule has 0 amide bonds. The van der Waals surface area contributed by atoms with Crippen LogP contribution in [0.3, 0.4) is 0 Å². The number of hydrogen-bond donors (Lipinski definition) is 0. The minimum Gasteiger partial charge on any atom is -0.665 e. The van der Waals surface area contributed by atoms with Crippen LogP contribution in [-0.2, 0) is 25.8 Å². The summed E-state index contributed by atoms with van der Waals surface area (Å²) in [4.78, 5) is 0. The zero-order valence-electron chi connectivity index (χ0n) is 15.2. The largest absolute Gasteiger partial charge is 4.00 e. The van der Waals surface area contributed by atoms with Gasteiger partial charge in [0, 0.05) is 0 Å². The monoisotopic (exact) mass is 461 g/mol. The van der Waals surface area contributed by atoms with E-state index in [4.69, 9.17) is 0 Å². The van der Waals surface area contributed by atoms with E-state index in [1.807, 2.05) is 13.8 Å². The van der Waals surface area contributed by atoms with E-state index in [0.29, 0.717) is 6.04 Å². The van der Waals surface area contributed by atoms with Crippen LogP contribution in [0.2, 0.25) is 0 Å². The molecule has 0 spiro atoms. The van der Waals surface area contributed by atoms with Crippen LogP contribution >= 0.6 is 0 Å². The number of nitrogens with zero attached hydrogens (tertiary/aromatic N) is 3. The molecule has 0 aromatic rings. The molecule has 0 bridgehead atoms. The zero-order chi connectivity index (χ0) is 14.9. The van der Waals surface area contributed by atoms with Gasteiger partial charge in [0.05, 0.1) is 0 Å². The molecule has 0 saturated carbocycles. The Kier molecular flexibility index (Phi) is 35.1. The molecule has 1 rings (SSSR count).